The van der Waals surface area contributed by atoms with E-state index >= 15 is 0 Å². The van der Waals surface area contributed by atoms with E-state index in [0.29, 0.717) is 11.8 Å². The monoisotopic (exact) mass is 341 g/mol. The van der Waals surface area contributed by atoms with E-state index in [1.54, 1.807) is 11.1 Å². The van der Waals surface area contributed by atoms with Crippen LogP contribution in [0.2, 0.25) is 0 Å². The third-order valence-electron chi connectivity index (χ3n) is 5.21. The predicted molar refractivity (Wildman–Crippen MR) is 90.8 cm³/mol. The van der Waals surface area contributed by atoms with Crippen LogP contribution in [0.3, 0.4) is 0 Å². The number of fused-ring (bicyclic) bond motifs is 3. The summed E-state index contributed by atoms with van der Waals surface area (Å²) in [5.74, 6) is 2.10. The molecule has 3 unspecified atom stereocenters. The van der Waals surface area contributed by atoms with Gasteiger partial charge in [-0.2, -0.15) is 0 Å². The van der Waals surface area contributed by atoms with E-state index in [1.165, 1.54) is 24.9 Å². The van der Waals surface area contributed by atoms with Gasteiger partial charge in [-0.05, 0) is 60.0 Å². The van der Waals surface area contributed by atoms with Gasteiger partial charge >= 0.3 is 0 Å². The maximum absolute atomic E-state index is 3.58. The molecule has 1 N–H and O–H groups in total. The summed E-state index contributed by atoms with van der Waals surface area (Å²) in [4.78, 5) is 0. The molecule has 2 aromatic rings. The maximum Gasteiger partial charge on any atom is 0.0175 e. The lowest BCUT2D eigenvalue weighted by Gasteiger charge is -2.41. The Hall–Kier alpha value is -1.12. The lowest BCUT2D eigenvalue weighted by molar-refractivity contribution is 0.278. The standard InChI is InChI=1S/C19H20BrN/c20-15-7-5-13(6-8-15)18-11-14-9-10-21-12-19(14)17-4-2-1-3-16(17)18/h1-8,14,18-19,21H,9-12H2. The van der Waals surface area contributed by atoms with Crippen molar-refractivity contribution < 1.29 is 0 Å². The van der Waals surface area contributed by atoms with E-state index in [0.717, 1.165) is 16.9 Å². The summed E-state index contributed by atoms with van der Waals surface area (Å²) in [6.45, 7) is 2.32. The first kappa shape index (κ1) is 13.5. The summed E-state index contributed by atoms with van der Waals surface area (Å²) in [5, 5.41) is 3.58. The average Bonchev–Trinajstić information content (AvgIpc) is 2.55. The summed E-state index contributed by atoms with van der Waals surface area (Å²) < 4.78 is 1.16. The van der Waals surface area contributed by atoms with Gasteiger partial charge < -0.3 is 5.32 Å². The Morgan fingerprint density at radius 3 is 2.52 bits per heavy atom. The molecule has 1 fully saturated rings. The molecular weight excluding hydrogens is 322 g/mol. The quantitative estimate of drug-likeness (QED) is 0.794. The number of piperidine rings is 1. The molecule has 1 nitrogen and oxygen atoms in total. The number of rotatable bonds is 1. The van der Waals surface area contributed by atoms with Gasteiger partial charge in [0.25, 0.3) is 0 Å². The molecule has 108 valence electrons. The van der Waals surface area contributed by atoms with Crippen LogP contribution in [0.1, 0.15) is 41.4 Å². The zero-order valence-electron chi connectivity index (χ0n) is 12.1. The molecule has 1 heterocycles. The zero-order chi connectivity index (χ0) is 14.2. The minimum atomic E-state index is 0.564. The number of hydrogen-bond donors (Lipinski definition) is 1. The van der Waals surface area contributed by atoms with Crippen molar-refractivity contribution in [2.24, 2.45) is 5.92 Å². The van der Waals surface area contributed by atoms with Gasteiger partial charge in [0.15, 0.2) is 0 Å². The molecule has 2 aromatic carbocycles. The SMILES string of the molecule is Brc1ccc(C2CC3CCNCC3c3ccccc32)cc1. The fraction of sp³-hybridized carbons (Fsp3) is 0.368. The van der Waals surface area contributed by atoms with E-state index in [4.69, 9.17) is 0 Å². The summed E-state index contributed by atoms with van der Waals surface area (Å²) >= 11 is 3.55. The molecule has 4 rings (SSSR count). The summed E-state index contributed by atoms with van der Waals surface area (Å²) in [6, 6.07) is 18.0. The molecule has 0 spiro atoms. The largest absolute Gasteiger partial charge is 0.316 e. The van der Waals surface area contributed by atoms with Crippen molar-refractivity contribution in [3.63, 3.8) is 0 Å². The van der Waals surface area contributed by atoms with Gasteiger partial charge in [-0.15, -0.1) is 0 Å². The third-order valence-corrected chi connectivity index (χ3v) is 5.74. The molecule has 2 heteroatoms. The number of hydrogen-bond acceptors (Lipinski definition) is 1. The van der Waals surface area contributed by atoms with E-state index < -0.39 is 0 Å². The highest BCUT2D eigenvalue weighted by Crippen LogP contribution is 2.47. The molecule has 1 aliphatic carbocycles. The van der Waals surface area contributed by atoms with Gasteiger partial charge in [0.05, 0.1) is 0 Å². The molecule has 1 aliphatic heterocycles. The Kier molecular flexibility index (Phi) is 3.60. The minimum absolute atomic E-state index is 0.564. The lowest BCUT2D eigenvalue weighted by atomic mass is 9.66. The third kappa shape index (κ3) is 2.45. The van der Waals surface area contributed by atoms with Crippen LogP contribution in [-0.2, 0) is 0 Å². The highest BCUT2D eigenvalue weighted by atomic mass is 79.9. The molecule has 0 aromatic heterocycles. The molecular formula is C19H20BrN. The first-order chi connectivity index (χ1) is 10.3. The van der Waals surface area contributed by atoms with Crippen LogP contribution in [0.5, 0.6) is 0 Å². The Balaban J connectivity index is 1.79. The second-order valence-electron chi connectivity index (χ2n) is 6.33. The Morgan fingerprint density at radius 1 is 0.952 bits per heavy atom. The smallest absolute Gasteiger partial charge is 0.0175 e. The molecule has 3 atom stereocenters. The van der Waals surface area contributed by atoms with Crippen LogP contribution in [-0.4, -0.2) is 13.1 Å². The van der Waals surface area contributed by atoms with Crippen LogP contribution in [0.15, 0.2) is 53.0 Å². The van der Waals surface area contributed by atoms with E-state index in [-0.39, 0.29) is 0 Å². The van der Waals surface area contributed by atoms with Gasteiger partial charge in [0, 0.05) is 16.9 Å². The molecule has 0 bridgehead atoms. The summed E-state index contributed by atoms with van der Waals surface area (Å²) in [7, 11) is 0. The van der Waals surface area contributed by atoms with Crippen LogP contribution in [0.25, 0.3) is 0 Å². The van der Waals surface area contributed by atoms with E-state index in [2.05, 4.69) is 69.8 Å². The Bertz CT molecular complexity index is 634. The molecule has 0 saturated carbocycles. The van der Waals surface area contributed by atoms with Crippen molar-refractivity contribution in [2.45, 2.75) is 24.7 Å². The highest BCUT2D eigenvalue weighted by molar-refractivity contribution is 9.10. The zero-order valence-corrected chi connectivity index (χ0v) is 13.6. The molecule has 1 saturated heterocycles. The highest BCUT2D eigenvalue weighted by Gasteiger charge is 2.36. The number of nitrogens with one attached hydrogen (secondary N) is 1. The number of benzene rings is 2. The first-order valence-corrected chi connectivity index (χ1v) is 8.67. The maximum atomic E-state index is 3.58. The molecule has 0 radical (unpaired) electrons. The van der Waals surface area contributed by atoms with Crippen molar-refractivity contribution in [2.75, 3.05) is 13.1 Å². The Morgan fingerprint density at radius 2 is 1.71 bits per heavy atom. The molecule has 2 aliphatic rings. The van der Waals surface area contributed by atoms with Gasteiger partial charge in [0.2, 0.25) is 0 Å². The fourth-order valence-corrected chi connectivity index (χ4v) is 4.43. The van der Waals surface area contributed by atoms with Crippen LogP contribution in [0, 0.1) is 5.92 Å². The lowest BCUT2D eigenvalue weighted by Crippen LogP contribution is -2.38. The second kappa shape index (κ2) is 5.58. The van der Waals surface area contributed by atoms with Crippen molar-refractivity contribution in [1.82, 2.24) is 5.32 Å². The summed E-state index contributed by atoms with van der Waals surface area (Å²) in [5.41, 5.74) is 4.58. The first-order valence-electron chi connectivity index (χ1n) is 7.88. The van der Waals surface area contributed by atoms with Crippen molar-refractivity contribution >= 4 is 15.9 Å². The van der Waals surface area contributed by atoms with Crippen molar-refractivity contribution in [3.05, 3.63) is 69.7 Å². The van der Waals surface area contributed by atoms with Crippen LogP contribution < -0.4 is 5.32 Å². The van der Waals surface area contributed by atoms with Gasteiger partial charge in [-0.1, -0.05) is 52.3 Å². The van der Waals surface area contributed by atoms with Crippen LogP contribution >= 0.6 is 15.9 Å². The predicted octanol–water partition coefficient (Wildman–Crippen LogP) is 4.68. The minimum Gasteiger partial charge on any atom is -0.316 e. The van der Waals surface area contributed by atoms with Crippen molar-refractivity contribution in [3.8, 4) is 0 Å². The van der Waals surface area contributed by atoms with Crippen molar-refractivity contribution in [1.29, 1.82) is 0 Å². The molecule has 21 heavy (non-hydrogen) atoms. The molecule has 0 amide bonds. The Labute approximate surface area is 134 Å². The van der Waals surface area contributed by atoms with E-state index in [1.807, 2.05) is 0 Å². The summed E-state index contributed by atoms with van der Waals surface area (Å²) in [6.07, 6.45) is 2.61. The van der Waals surface area contributed by atoms with Crippen LogP contribution in [0.4, 0.5) is 0 Å². The van der Waals surface area contributed by atoms with Gasteiger partial charge in [0.1, 0.15) is 0 Å². The van der Waals surface area contributed by atoms with Gasteiger partial charge in [-0.3, -0.25) is 0 Å². The van der Waals surface area contributed by atoms with Gasteiger partial charge in [-0.25, -0.2) is 0 Å². The average molecular weight is 342 g/mol. The fourth-order valence-electron chi connectivity index (χ4n) is 4.17. The normalized spacial score (nSPS) is 27.8. The number of halogens is 1. The topological polar surface area (TPSA) is 12.0 Å². The second-order valence-corrected chi connectivity index (χ2v) is 7.24. The van der Waals surface area contributed by atoms with E-state index in [9.17, 15) is 0 Å².